The number of aromatic nitrogens is 2. The lowest BCUT2D eigenvalue weighted by molar-refractivity contribution is -0.128. The van der Waals surface area contributed by atoms with Crippen molar-refractivity contribution in [3.8, 4) is 0 Å². The van der Waals surface area contributed by atoms with E-state index in [1.54, 1.807) is 0 Å². The first-order valence-corrected chi connectivity index (χ1v) is 10.7. The fourth-order valence-corrected chi connectivity index (χ4v) is 4.07. The van der Waals surface area contributed by atoms with Crippen molar-refractivity contribution < 1.29 is 4.79 Å². The summed E-state index contributed by atoms with van der Waals surface area (Å²) in [6.45, 7) is 7.63. The molecule has 0 aliphatic heterocycles. The van der Waals surface area contributed by atoms with Crippen LogP contribution in [0.5, 0.6) is 0 Å². The number of benzene rings is 1. The second kappa shape index (κ2) is 8.90. The summed E-state index contributed by atoms with van der Waals surface area (Å²) in [6.07, 6.45) is 10.1. The molecule has 1 aliphatic rings. The molecule has 1 aromatic carbocycles. The summed E-state index contributed by atoms with van der Waals surface area (Å²) >= 11 is 0. The lowest BCUT2D eigenvalue weighted by Crippen LogP contribution is -2.35. The van der Waals surface area contributed by atoms with Gasteiger partial charge in [-0.2, -0.15) is 0 Å². The van der Waals surface area contributed by atoms with Crippen LogP contribution in [0.25, 0.3) is 11.0 Å². The standard InChI is InChI=1S/C23H35N3O/c1-23(2,3)22(27)24-16-9-14-21-25-19-12-7-8-13-20(19)26(21)17-15-18-10-5-4-6-11-18/h7-8,12-13,18H,4-6,9-11,14-17H2,1-3H3,(H,24,27). The van der Waals surface area contributed by atoms with Crippen LogP contribution in [0.3, 0.4) is 0 Å². The molecule has 1 N–H and O–H groups in total. The molecule has 27 heavy (non-hydrogen) atoms. The molecule has 1 saturated carbocycles. The second-order valence-corrected chi connectivity index (χ2v) is 9.07. The molecular formula is C23H35N3O. The lowest BCUT2D eigenvalue weighted by atomic mass is 9.87. The third-order valence-electron chi connectivity index (χ3n) is 5.76. The number of nitrogens with zero attached hydrogens (tertiary/aromatic N) is 2. The van der Waals surface area contributed by atoms with Gasteiger partial charge in [-0.1, -0.05) is 65.0 Å². The first-order valence-electron chi connectivity index (χ1n) is 10.7. The Bertz CT molecular complexity index is 751. The van der Waals surface area contributed by atoms with Crippen molar-refractivity contribution in [3.63, 3.8) is 0 Å². The van der Waals surface area contributed by atoms with Crippen LogP contribution in [0, 0.1) is 11.3 Å². The van der Waals surface area contributed by atoms with Crippen LogP contribution in [-0.4, -0.2) is 22.0 Å². The first-order chi connectivity index (χ1) is 12.9. The van der Waals surface area contributed by atoms with E-state index >= 15 is 0 Å². The van der Waals surface area contributed by atoms with E-state index in [9.17, 15) is 4.79 Å². The number of carbonyl (C=O) groups excluding carboxylic acids is 1. The fourth-order valence-electron chi connectivity index (χ4n) is 4.07. The normalized spacial score (nSPS) is 16.0. The number of fused-ring (bicyclic) bond motifs is 1. The highest BCUT2D eigenvalue weighted by Crippen LogP contribution is 2.28. The minimum absolute atomic E-state index is 0.119. The van der Waals surface area contributed by atoms with Gasteiger partial charge in [0.05, 0.1) is 11.0 Å². The third-order valence-corrected chi connectivity index (χ3v) is 5.76. The van der Waals surface area contributed by atoms with Crippen LogP contribution in [-0.2, 0) is 17.8 Å². The molecule has 0 radical (unpaired) electrons. The van der Waals surface area contributed by atoms with Crippen molar-refractivity contribution in [3.05, 3.63) is 30.1 Å². The Morgan fingerprint density at radius 1 is 1.19 bits per heavy atom. The van der Waals surface area contributed by atoms with Crippen molar-refractivity contribution in [2.75, 3.05) is 6.54 Å². The number of amides is 1. The molecular weight excluding hydrogens is 334 g/mol. The first kappa shape index (κ1) is 19.9. The summed E-state index contributed by atoms with van der Waals surface area (Å²) < 4.78 is 2.43. The Hall–Kier alpha value is -1.84. The Morgan fingerprint density at radius 3 is 2.67 bits per heavy atom. The summed E-state index contributed by atoms with van der Waals surface area (Å²) in [4.78, 5) is 16.9. The van der Waals surface area contributed by atoms with Crippen LogP contribution in [0.4, 0.5) is 0 Å². The Morgan fingerprint density at radius 2 is 1.93 bits per heavy atom. The number of hydrogen-bond acceptors (Lipinski definition) is 2. The molecule has 3 rings (SSSR count). The minimum Gasteiger partial charge on any atom is -0.356 e. The average molecular weight is 370 g/mol. The SMILES string of the molecule is CC(C)(C)C(=O)NCCCc1nc2ccccc2n1CCC1CCCCC1. The van der Waals surface area contributed by atoms with Crippen molar-refractivity contribution >= 4 is 16.9 Å². The number of carbonyl (C=O) groups is 1. The molecule has 1 fully saturated rings. The van der Waals surface area contributed by atoms with Crippen LogP contribution in [0.1, 0.15) is 71.5 Å². The molecule has 0 saturated heterocycles. The molecule has 1 aliphatic carbocycles. The molecule has 0 spiro atoms. The van der Waals surface area contributed by atoms with E-state index in [0.29, 0.717) is 6.54 Å². The van der Waals surface area contributed by atoms with Crippen LogP contribution < -0.4 is 5.32 Å². The van der Waals surface area contributed by atoms with E-state index in [-0.39, 0.29) is 11.3 Å². The maximum Gasteiger partial charge on any atom is 0.225 e. The van der Waals surface area contributed by atoms with Gasteiger partial charge in [0.25, 0.3) is 0 Å². The van der Waals surface area contributed by atoms with E-state index in [0.717, 1.165) is 36.6 Å². The Balaban J connectivity index is 1.62. The van der Waals surface area contributed by atoms with Gasteiger partial charge in [0.2, 0.25) is 5.91 Å². The summed E-state index contributed by atoms with van der Waals surface area (Å²) in [5.41, 5.74) is 2.02. The highest BCUT2D eigenvalue weighted by Gasteiger charge is 2.20. The summed E-state index contributed by atoms with van der Waals surface area (Å²) in [5, 5.41) is 3.05. The van der Waals surface area contributed by atoms with Gasteiger partial charge in [0.15, 0.2) is 0 Å². The quantitative estimate of drug-likeness (QED) is 0.690. The number of rotatable bonds is 7. The number of hydrogen-bond donors (Lipinski definition) is 1. The Kier molecular flexibility index (Phi) is 6.56. The lowest BCUT2D eigenvalue weighted by Gasteiger charge is -2.22. The number of nitrogens with one attached hydrogen (secondary N) is 1. The highest BCUT2D eigenvalue weighted by atomic mass is 16.2. The molecule has 1 heterocycles. The van der Waals surface area contributed by atoms with Gasteiger partial charge in [-0.15, -0.1) is 0 Å². The van der Waals surface area contributed by atoms with Crippen molar-refractivity contribution in [1.29, 1.82) is 0 Å². The van der Waals surface area contributed by atoms with Gasteiger partial charge < -0.3 is 9.88 Å². The largest absolute Gasteiger partial charge is 0.356 e. The van der Waals surface area contributed by atoms with Crippen LogP contribution in [0.2, 0.25) is 0 Å². The van der Waals surface area contributed by atoms with Crippen LogP contribution in [0.15, 0.2) is 24.3 Å². The van der Waals surface area contributed by atoms with Gasteiger partial charge in [-0.05, 0) is 30.9 Å². The molecule has 4 nitrogen and oxygen atoms in total. The molecule has 1 amide bonds. The zero-order valence-electron chi connectivity index (χ0n) is 17.3. The number of imidazole rings is 1. The summed E-state index contributed by atoms with van der Waals surface area (Å²) in [6, 6.07) is 8.47. The third kappa shape index (κ3) is 5.33. The Labute approximate surface area is 163 Å². The van der Waals surface area contributed by atoms with Crippen molar-refractivity contribution in [2.24, 2.45) is 11.3 Å². The molecule has 0 unspecified atom stereocenters. The van der Waals surface area contributed by atoms with Gasteiger partial charge in [-0.25, -0.2) is 4.98 Å². The van der Waals surface area contributed by atoms with Gasteiger partial charge >= 0.3 is 0 Å². The van der Waals surface area contributed by atoms with Crippen molar-refractivity contribution in [2.45, 2.75) is 78.7 Å². The van der Waals surface area contributed by atoms with Crippen LogP contribution >= 0.6 is 0 Å². The zero-order chi connectivity index (χ0) is 19.3. The maximum absolute atomic E-state index is 12.0. The molecule has 2 aromatic rings. The van der Waals surface area contributed by atoms with Gasteiger partial charge in [-0.3, -0.25) is 4.79 Å². The van der Waals surface area contributed by atoms with E-state index in [4.69, 9.17) is 4.98 Å². The molecule has 1 aromatic heterocycles. The minimum atomic E-state index is -0.326. The van der Waals surface area contributed by atoms with Gasteiger partial charge in [0.1, 0.15) is 5.82 Å². The van der Waals surface area contributed by atoms with Gasteiger partial charge in [0, 0.05) is 24.9 Å². The second-order valence-electron chi connectivity index (χ2n) is 9.07. The molecule has 4 heteroatoms. The predicted octanol–water partition coefficient (Wildman–Crippen LogP) is 5.10. The van der Waals surface area contributed by atoms with E-state index in [1.807, 2.05) is 20.8 Å². The van der Waals surface area contributed by atoms with E-state index in [2.05, 4.69) is 34.1 Å². The average Bonchev–Trinajstić information content (AvgIpc) is 3.01. The highest BCUT2D eigenvalue weighted by molar-refractivity contribution is 5.81. The molecule has 0 bridgehead atoms. The maximum atomic E-state index is 12.0. The van der Waals surface area contributed by atoms with E-state index in [1.165, 1.54) is 44.0 Å². The monoisotopic (exact) mass is 369 g/mol. The smallest absolute Gasteiger partial charge is 0.225 e. The van der Waals surface area contributed by atoms with E-state index < -0.39 is 0 Å². The topological polar surface area (TPSA) is 46.9 Å². The molecule has 148 valence electrons. The number of aryl methyl sites for hydroxylation is 2. The molecule has 0 atom stereocenters. The van der Waals surface area contributed by atoms with Crippen molar-refractivity contribution in [1.82, 2.24) is 14.9 Å². The zero-order valence-corrected chi connectivity index (χ0v) is 17.3. The summed E-state index contributed by atoms with van der Waals surface area (Å²) in [5.74, 6) is 2.16. The number of para-hydroxylation sites is 2. The fraction of sp³-hybridized carbons (Fsp3) is 0.652. The summed E-state index contributed by atoms with van der Waals surface area (Å²) in [7, 11) is 0. The predicted molar refractivity (Wildman–Crippen MR) is 112 cm³/mol.